The Morgan fingerprint density at radius 1 is 0.946 bits per heavy atom. The number of benzene rings is 3. The Morgan fingerprint density at radius 3 is 2.38 bits per heavy atom. The maximum Gasteiger partial charge on any atom is 0.251 e. The summed E-state index contributed by atoms with van der Waals surface area (Å²) in [5.41, 5.74) is 5.31. The number of carbonyl (C=O) groups is 2. The maximum atomic E-state index is 13.5. The molecule has 7 nitrogen and oxygen atoms in total. The normalized spacial score (nSPS) is 17.8. The summed E-state index contributed by atoms with van der Waals surface area (Å²) in [4.78, 5) is 37.0. The topological polar surface area (TPSA) is 68.2 Å². The van der Waals surface area contributed by atoms with Gasteiger partial charge in [0.05, 0.1) is 19.8 Å². The molecule has 0 aromatic heterocycles. The number of aliphatic imine (C=N–C) groups is 1. The standard InChI is InChI=1S/C30H33N5O2/c1-3-23-11-15-26(16-12-23)34-20-33(18-17-24-7-5-4-6-8-24)21-35-27(19-28(36)32-30(34)35)29(37)31-25-13-9-22(2)10-14-25/h4-16,27H,3,17-21H2,1-2H3,(H,31,37)/t27-/m0/s1. The number of amides is 2. The van der Waals surface area contributed by atoms with Gasteiger partial charge in [-0.05, 0) is 55.2 Å². The molecule has 190 valence electrons. The average Bonchev–Trinajstić information content (AvgIpc) is 2.93. The molecule has 5 rings (SSSR count). The van der Waals surface area contributed by atoms with Crippen molar-refractivity contribution in [3.05, 3.63) is 95.6 Å². The molecule has 2 amide bonds. The number of nitrogens with zero attached hydrogens (tertiary/aromatic N) is 4. The molecule has 1 N–H and O–H groups in total. The molecule has 0 aliphatic carbocycles. The van der Waals surface area contributed by atoms with E-state index in [9.17, 15) is 9.59 Å². The van der Waals surface area contributed by atoms with Gasteiger partial charge in [0, 0.05) is 17.9 Å². The van der Waals surface area contributed by atoms with Gasteiger partial charge >= 0.3 is 0 Å². The summed E-state index contributed by atoms with van der Waals surface area (Å²) < 4.78 is 0. The van der Waals surface area contributed by atoms with Gasteiger partial charge in [-0.15, -0.1) is 0 Å². The second kappa shape index (κ2) is 11.0. The molecular weight excluding hydrogens is 462 g/mol. The van der Waals surface area contributed by atoms with Crippen LogP contribution >= 0.6 is 0 Å². The van der Waals surface area contributed by atoms with Crippen LogP contribution in [0.15, 0.2) is 83.9 Å². The molecule has 0 spiro atoms. The Hall–Kier alpha value is -3.97. The third-order valence-electron chi connectivity index (χ3n) is 7.00. The number of aryl methyl sites for hydroxylation is 2. The molecule has 1 atom stereocenters. The van der Waals surface area contributed by atoms with Gasteiger partial charge in [-0.25, -0.2) is 0 Å². The van der Waals surface area contributed by atoms with Gasteiger partial charge in [0.1, 0.15) is 6.04 Å². The molecule has 7 heteroatoms. The fourth-order valence-corrected chi connectivity index (χ4v) is 4.82. The maximum absolute atomic E-state index is 13.5. The predicted molar refractivity (Wildman–Crippen MR) is 147 cm³/mol. The van der Waals surface area contributed by atoms with E-state index >= 15 is 0 Å². The van der Waals surface area contributed by atoms with Gasteiger partial charge in [0.2, 0.25) is 11.9 Å². The Bertz CT molecular complexity index is 1270. The molecule has 37 heavy (non-hydrogen) atoms. The van der Waals surface area contributed by atoms with Crippen LogP contribution in [-0.2, 0) is 22.4 Å². The highest BCUT2D eigenvalue weighted by Gasteiger charge is 2.41. The minimum Gasteiger partial charge on any atom is -0.324 e. The third-order valence-corrected chi connectivity index (χ3v) is 7.00. The van der Waals surface area contributed by atoms with Crippen molar-refractivity contribution < 1.29 is 9.59 Å². The largest absolute Gasteiger partial charge is 0.324 e. The Kier molecular flexibility index (Phi) is 7.32. The molecule has 0 radical (unpaired) electrons. The Balaban J connectivity index is 1.43. The van der Waals surface area contributed by atoms with Crippen LogP contribution in [0.25, 0.3) is 0 Å². The van der Waals surface area contributed by atoms with Gasteiger partial charge < -0.3 is 10.2 Å². The highest BCUT2D eigenvalue weighted by atomic mass is 16.2. The molecule has 0 bridgehead atoms. The van der Waals surface area contributed by atoms with Crippen molar-refractivity contribution in [1.82, 2.24) is 9.80 Å². The van der Waals surface area contributed by atoms with E-state index in [-0.39, 0.29) is 18.2 Å². The van der Waals surface area contributed by atoms with E-state index in [2.05, 4.69) is 75.6 Å². The fourth-order valence-electron chi connectivity index (χ4n) is 4.82. The van der Waals surface area contributed by atoms with E-state index in [1.165, 1.54) is 11.1 Å². The Morgan fingerprint density at radius 2 is 1.68 bits per heavy atom. The van der Waals surface area contributed by atoms with Crippen molar-refractivity contribution in [2.75, 3.05) is 30.1 Å². The van der Waals surface area contributed by atoms with Gasteiger partial charge in [-0.3, -0.25) is 19.4 Å². The molecule has 2 heterocycles. The van der Waals surface area contributed by atoms with Crippen molar-refractivity contribution in [2.24, 2.45) is 4.99 Å². The van der Waals surface area contributed by atoms with E-state index < -0.39 is 6.04 Å². The molecule has 1 fully saturated rings. The number of anilines is 2. The lowest BCUT2D eigenvalue weighted by molar-refractivity contribution is -0.127. The van der Waals surface area contributed by atoms with E-state index in [1.54, 1.807) is 0 Å². The summed E-state index contributed by atoms with van der Waals surface area (Å²) in [6, 6.07) is 25.8. The zero-order valence-corrected chi connectivity index (χ0v) is 21.4. The minimum absolute atomic E-state index is 0.0519. The molecule has 2 aliphatic rings. The number of carbonyl (C=O) groups excluding carboxylic acids is 2. The summed E-state index contributed by atoms with van der Waals surface area (Å²) in [5.74, 6) is 0.0690. The predicted octanol–water partition coefficient (Wildman–Crippen LogP) is 4.43. The van der Waals surface area contributed by atoms with Crippen molar-refractivity contribution in [1.29, 1.82) is 0 Å². The zero-order chi connectivity index (χ0) is 25.8. The number of hydrogen-bond donors (Lipinski definition) is 1. The molecule has 0 saturated carbocycles. The lowest BCUT2D eigenvalue weighted by Gasteiger charge is -2.48. The lowest BCUT2D eigenvalue weighted by atomic mass is 10.1. The molecule has 0 unspecified atom stereocenters. The number of rotatable bonds is 7. The number of fused-ring (bicyclic) bond motifs is 1. The molecule has 2 aliphatic heterocycles. The van der Waals surface area contributed by atoms with Crippen LogP contribution < -0.4 is 10.2 Å². The van der Waals surface area contributed by atoms with E-state index in [0.717, 1.165) is 36.3 Å². The van der Waals surface area contributed by atoms with Crippen molar-refractivity contribution in [3.8, 4) is 0 Å². The van der Waals surface area contributed by atoms with Crippen molar-refractivity contribution in [3.63, 3.8) is 0 Å². The SMILES string of the molecule is CCc1ccc(N2CN(CCc3ccccc3)CN3C2=NC(=O)C[C@H]3C(=O)Nc2ccc(C)cc2)cc1. The fraction of sp³-hybridized carbons (Fsp3) is 0.300. The quantitative estimate of drug-likeness (QED) is 0.525. The van der Waals surface area contributed by atoms with E-state index in [4.69, 9.17) is 0 Å². The van der Waals surface area contributed by atoms with Gasteiger partial charge in [-0.2, -0.15) is 4.99 Å². The number of guanidine groups is 1. The van der Waals surface area contributed by atoms with Crippen LogP contribution in [0.5, 0.6) is 0 Å². The van der Waals surface area contributed by atoms with Crippen molar-refractivity contribution >= 4 is 29.1 Å². The molecule has 3 aromatic rings. The van der Waals surface area contributed by atoms with Crippen LogP contribution in [0.4, 0.5) is 11.4 Å². The number of nitrogens with one attached hydrogen (secondary N) is 1. The number of hydrogen-bond acceptors (Lipinski definition) is 5. The van der Waals surface area contributed by atoms with Gasteiger partial charge in [0.25, 0.3) is 5.91 Å². The summed E-state index contributed by atoms with van der Waals surface area (Å²) >= 11 is 0. The molecular formula is C30H33N5O2. The highest BCUT2D eigenvalue weighted by molar-refractivity contribution is 6.10. The second-order valence-corrected chi connectivity index (χ2v) is 9.71. The van der Waals surface area contributed by atoms with Crippen molar-refractivity contribution in [2.45, 2.75) is 39.2 Å². The summed E-state index contributed by atoms with van der Waals surface area (Å²) in [7, 11) is 0. The first-order valence-electron chi connectivity index (χ1n) is 12.9. The highest BCUT2D eigenvalue weighted by Crippen LogP contribution is 2.27. The first-order valence-corrected chi connectivity index (χ1v) is 12.9. The van der Waals surface area contributed by atoms with Crippen LogP contribution in [0.3, 0.4) is 0 Å². The first kappa shape index (κ1) is 24.7. The van der Waals surface area contributed by atoms with Crippen LogP contribution in [0.1, 0.15) is 30.0 Å². The smallest absolute Gasteiger partial charge is 0.251 e. The van der Waals surface area contributed by atoms with E-state index in [0.29, 0.717) is 19.3 Å². The summed E-state index contributed by atoms with van der Waals surface area (Å²) in [6.07, 6.45) is 1.90. The van der Waals surface area contributed by atoms with Crippen LogP contribution in [0.2, 0.25) is 0 Å². The monoisotopic (exact) mass is 495 g/mol. The van der Waals surface area contributed by atoms with Gasteiger partial charge in [-0.1, -0.05) is 67.1 Å². The third kappa shape index (κ3) is 5.73. The lowest BCUT2D eigenvalue weighted by Crippen LogP contribution is -2.65. The Labute approximate surface area is 218 Å². The minimum atomic E-state index is -0.641. The van der Waals surface area contributed by atoms with Gasteiger partial charge in [0.15, 0.2) is 0 Å². The summed E-state index contributed by atoms with van der Waals surface area (Å²) in [6.45, 7) is 6.07. The second-order valence-electron chi connectivity index (χ2n) is 9.71. The van der Waals surface area contributed by atoms with Crippen LogP contribution in [0, 0.1) is 6.92 Å². The first-order chi connectivity index (χ1) is 18.0. The summed E-state index contributed by atoms with van der Waals surface area (Å²) in [5, 5.41) is 3.01. The molecule has 3 aromatic carbocycles. The van der Waals surface area contributed by atoms with E-state index in [1.807, 2.05) is 42.2 Å². The average molecular weight is 496 g/mol. The molecule has 1 saturated heterocycles. The van der Waals surface area contributed by atoms with Crippen LogP contribution in [-0.4, -0.2) is 53.5 Å². The zero-order valence-electron chi connectivity index (χ0n) is 21.4.